The Bertz CT molecular complexity index is 433. The van der Waals surface area contributed by atoms with Gasteiger partial charge in [0.15, 0.2) is 0 Å². The third kappa shape index (κ3) is 3.68. The second kappa shape index (κ2) is 6.16. The Hall–Kier alpha value is -1.13. The molecule has 1 amide bonds. The highest BCUT2D eigenvalue weighted by atomic mass is 35.5. The fourth-order valence-corrected chi connectivity index (χ4v) is 2.18. The molecule has 1 aromatic rings. The minimum atomic E-state index is -0.419. The van der Waals surface area contributed by atoms with Gasteiger partial charge in [0, 0.05) is 13.0 Å². The van der Waals surface area contributed by atoms with Crippen LogP contribution in [0.3, 0.4) is 0 Å². The molecule has 0 aromatic heterocycles. The first kappa shape index (κ1) is 13.3. The van der Waals surface area contributed by atoms with Gasteiger partial charge in [0.1, 0.15) is 5.82 Å². The first-order chi connectivity index (χ1) is 8.65. The summed E-state index contributed by atoms with van der Waals surface area (Å²) in [5.74, 6) is -0.545. The predicted octanol–water partition coefficient (Wildman–Crippen LogP) is 3.38. The van der Waals surface area contributed by atoms with E-state index < -0.39 is 5.82 Å². The van der Waals surface area contributed by atoms with E-state index in [0.29, 0.717) is 18.5 Å². The van der Waals surface area contributed by atoms with Crippen molar-refractivity contribution in [3.63, 3.8) is 0 Å². The number of hydrogen-bond acceptors (Lipinski definition) is 2. The molecule has 0 bridgehead atoms. The Morgan fingerprint density at radius 1 is 1.56 bits per heavy atom. The van der Waals surface area contributed by atoms with Crippen molar-refractivity contribution in [3.05, 3.63) is 29.0 Å². The number of nitrogens with one attached hydrogen (secondary N) is 1. The van der Waals surface area contributed by atoms with Gasteiger partial charge < -0.3 is 10.1 Å². The van der Waals surface area contributed by atoms with E-state index in [2.05, 4.69) is 5.32 Å². The summed E-state index contributed by atoms with van der Waals surface area (Å²) in [5.41, 5.74) is 0.440. The Kier molecular flexibility index (Phi) is 4.55. The normalized spacial score (nSPS) is 18.9. The summed E-state index contributed by atoms with van der Waals surface area (Å²) in [6.45, 7) is 0.788. The van der Waals surface area contributed by atoms with Crippen molar-refractivity contribution < 1.29 is 13.9 Å². The lowest BCUT2D eigenvalue weighted by Gasteiger charge is -2.10. The molecule has 3 nitrogen and oxygen atoms in total. The smallest absolute Gasteiger partial charge is 0.224 e. The molecule has 1 aromatic carbocycles. The zero-order valence-electron chi connectivity index (χ0n) is 9.92. The lowest BCUT2D eigenvalue weighted by molar-refractivity contribution is -0.116. The van der Waals surface area contributed by atoms with E-state index in [-0.39, 0.29) is 17.0 Å². The standard InChI is InChI=1S/C13H15ClFNO2/c14-11-8-9(15)3-5-12(11)16-13(17)6-4-10-2-1-7-18-10/h3,5,8,10H,1-2,4,6-7H2,(H,16,17)/t10-/m1/s1. The summed E-state index contributed by atoms with van der Waals surface area (Å²) in [5, 5.41) is 2.88. The van der Waals surface area contributed by atoms with Gasteiger partial charge in [0.05, 0.1) is 16.8 Å². The molecule has 18 heavy (non-hydrogen) atoms. The second-order valence-corrected chi connectivity index (χ2v) is 4.75. The molecule has 1 saturated heterocycles. The van der Waals surface area contributed by atoms with Crippen LogP contribution in [0.15, 0.2) is 18.2 Å². The van der Waals surface area contributed by atoms with Gasteiger partial charge in [-0.2, -0.15) is 0 Å². The summed E-state index contributed by atoms with van der Waals surface area (Å²) >= 11 is 5.82. The summed E-state index contributed by atoms with van der Waals surface area (Å²) in [6, 6.07) is 3.90. The minimum Gasteiger partial charge on any atom is -0.378 e. The first-order valence-electron chi connectivity index (χ1n) is 6.01. The number of amides is 1. The zero-order valence-corrected chi connectivity index (χ0v) is 10.7. The lowest BCUT2D eigenvalue weighted by atomic mass is 10.1. The average Bonchev–Trinajstić information content (AvgIpc) is 2.83. The number of ether oxygens (including phenoxy) is 1. The van der Waals surface area contributed by atoms with Crippen molar-refractivity contribution in [1.29, 1.82) is 0 Å². The molecule has 1 atom stereocenters. The monoisotopic (exact) mass is 271 g/mol. The Morgan fingerprint density at radius 3 is 3.06 bits per heavy atom. The molecule has 0 unspecified atom stereocenters. The maximum Gasteiger partial charge on any atom is 0.224 e. The van der Waals surface area contributed by atoms with Crippen molar-refractivity contribution in [1.82, 2.24) is 0 Å². The summed E-state index contributed by atoms with van der Waals surface area (Å²) in [6.07, 6.45) is 3.38. The van der Waals surface area contributed by atoms with E-state index in [4.69, 9.17) is 16.3 Å². The van der Waals surface area contributed by atoms with Crippen LogP contribution < -0.4 is 5.32 Å². The van der Waals surface area contributed by atoms with Crippen LogP contribution in [-0.4, -0.2) is 18.6 Å². The van der Waals surface area contributed by atoms with Crippen LogP contribution in [0.25, 0.3) is 0 Å². The minimum absolute atomic E-state index is 0.126. The first-order valence-corrected chi connectivity index (χ1v) is 6.39. The van der Waals surface area contributed by atoms with Crippen LogP contribution in [0.2, 0.25) is 5.02 Å². The van der Waals surface area contributed by atoms with Crippen molar-refractivity contribution >= 4 is 23.2 Å². The number of anilines is 1. The third-order valence-electron chi connectivity index (χ3n) is 2.92. The Labute approximate surface area is 110 Å². The number of halogens is 2. The lowest BCUT2D eigenvalue weighted by Crippen LogP contribution is -2.15. The van der Waals surface area contributed by atoms with E-state index in [9.17, 15) is 9.18 Å². The predicted molar refractivity (Wildman–Crippen MR) is 68.2 cm³/mol. The number of rotatable bonds is 4. The van der Waals surface area contributed by atoms with E-state index in [0.717, 1.165) is 19.4 Å². The number of hydrogen-bond donors (Lipinski definition) is 1. The number of benzene rings is 1. The van der Waals surface area contributed by atoms with Gasteiger partial charge in [-0.3, -0.25) is 4.79 Å². The molecule has 5 heteroatoms. The fourth-order valence-electron chi connectivity index (χ4n) is 1.97. The van der Waals surface area contributed by atoms with Gasteiger partial charge in [-0.15, -0.1) is 0 Å². The SMILES string of the molecule is O=C(CC[C@H]1CCCO1)Nc1ccc(F)cc1Cl. The summed E-state index contributed by atoms with van der Waals surface area (Å²) in [4.78, 5) is 11.7. The summed E-state index contributed by atoms with van der Waals surface area (Å²) < 4.78 is 18.3. The molecule has 1 N–H and O–H groups in total. The Morgan fingerprint density at radius 2 is 2.39 bits per heavy atom. The van der Waals surface area contributed by atoms with Gasteiger partial charge in [-0.05, 0) is 37.5 Å². The maximum atomic E-state index is 12.8. The molecule has 0 saturated carbocycles. The summed E-state index contributed by atoms with van der Waals surface area (Å²) in [7, 11) is 0. The van der Waals surface area contributed by atoms with Crippen LogP contribution in [-0.2, 0) is 9.53 Å². The van der Waals surface area contributed by atoms with E-state index in [1.165, 1.54) is 18.2 Å². The molecule has 1 aliphatic rings. The second-order valence-electron chi connectivity index (χ2n) is 4.35. The maximum absolute atomic E-state index is 12.8. The van der Waals surface area contributed by atoms with Gasteiger partial charge in [0.25, 0.3) is 0 Å². The molecular weight excluding hydrogens is 257 g/mol. The third-order valence-corrected chi connectivity index (χ3v) is 3.24. The number of carbonyl (C=O) groups excluding carboxylic acids is 1. The number of carbonyl (C=O) groups is 1. The zero-order chi connectivity index (χ0) is 13.0. The van der Waals surface area contributed by atoms with E-state index in [1.54, 1.807) is 0 Å². The molecule has 2 rings (SSSR count). The quantitative estimate of drug-likeness (QED) is 0.912. The van der Waals surface area contributed by atoms with Gasteiger partial charge in [-0.25, -0.2) is 4.39 Å². The highest BCUT2D eigenvalue weighted by Gasteiger charge is 2.17. The van der Waals surface area contributed by atoms with E-state index in [1.807, 2.05) is 0 Å². The van der Waals surface area contributed by atoms with Gasteiger partial charge in [0.2, 0.25) is 5.91 Å². The van der Waals surface area contributed by atoms with Crippen molar-refractivity contribution in [2.75, 3.05) is 11.9 Å². The largest absolute Gasteiger partial charge is 0.378 e. The highest BCUT2D eigenvalue weighted by molar-refractivity contribution is 6.33. The molecule has 0 radical (unpaired) electrons. The van der Waals surface area contributed by atoms with Crippen molar-refractivity contribution in [2.45, 2.75) is 31.8 Å². The molecule has 1 fully saturated rings. The average molecular weight is 272 g/mol. The van der Waals surface area contributed by atoms with Crippen molar-refractivity contribution in [2.24, 2.45) is 0 Å². The van der Waals surface area contributed by atoms with Crippen LogP contribution in [0.5, 0.6) is 0 Å². The Balaban J connectivity index is 1.82. The van der Waals surface area contributed by atoms with Crippen molar-refractivity contribution in [3.8, 4) is 0 Å². The molecule has 0 aliphatic carbocycles. The topological polar surface area (TPSA) is 38.3 Å². The highest BCUT2D eigenvalue weighted by Crippen LogP contribution is 2.23. The molecule has 1 heterocycles. The van der Waals surface area contributed by atoms with Gasteiger partial charge in [-0.1, -0.05) is 11.6 Å². The van der Waals surface area contributed by atoms with Crippen LogP contribution >= 0.6 is 11.6 Å². The molecule has 0 spiro atoms. The van der Waals surface area contributed by atoms with E-state index >= 15 is 0 Å². The molecular formula is C13H15ClFNO2. The van der Waals surface area contributed by atoms with Crippen LogP contribution in [0.4, 0.5) is 10.1 Å². The molecule has 98 valence electrons. The molecule has 1 aliphatic heterocycles. The van der Waals surface area contributed by atoms with Gasteiger partial charge >= 0.3 is 0 Å². The van der Waals surface area contributed by atoms with Crippen LogP contribution in [0, 0.1) is 5.82 Å². The van der Waals surface area contributed by atoms with Crippen LogP contribution in [0.1, 0.15) is 25.7 Å². The fraction of sp³-hybridized carbons (Fsp3) is 0.462.